The van der Waals surface area contributed by atoms with Crippen LogP contribution in [0.1, 0.15) is 31.9 Å². The lowest BCUT2D eigenvalue weighted by Gasteiger charge is -2.32. The number of aryl methyl sites for hydroxylation is 1. The number of halogens is 1. The molecule has 0 aliphatic heterocycles. The van der Waals surface area contributed by atoms with E-state index in [9.17, 15) is 22.4 Å². The number of rotatable bonds is 11. The predicted octanol–water partition coefficient (Wildman–Crippen LogP) is 4.14. The van der Waals surface area contributed by atoms with E-state index in [0.717, 1.165) is 9.87 Å². The Bertz CT molecular complexity index is 1310. The summed E-state index contributed by atoms with van der Waals surface area (Å²) in [5.41, 5.74) is 1.77. The minimum absolute atomic E-state index is 0.00602. The molecule has 37 heavy (non-hydrogen) atoms. The molecule has 0 unspecified atom stereocenters. The third kappa shape index (κ3) is 6.74. The van der Waals surface area contributed by atoms with Crippen LogP contribution in [-0.4, -0.2) is 44.3 Å². The van der Waals surface area contributed by atoms with Gasteiger partial charge < -0.3 is 10.2 Å². The van der Waals surface area contributed by atoms with Crippen LogP contribution in [0.4, 0.5) is 10.1 Å². The molecule has 0 saturated carbocycles. The Hall–Kier alpha value is -3.72. The summed E-state index contributed by atoms with van der Waals surface area (Å²) in [5.74, 6) is -1.35. The van der Waals surface area contributed by atoms with Crippen LogP contribution in [0.25, 0.3) is 0 Å². The molecule has 9 heteroatoms. The molecule has 0 fully saturated rings. The lowest BCUT2D eigenvalue weighted by molar-refractivity contribution is -0.139. The molecule has 3 aromatic rings. The van der Waals surface area contributed by atoms with Crippen molar-refractivity contribution in [3.8, 4) is 0 Å². The molecular formula is C28H32FN3O4S. The van der Waals surface area contributed by atoms with Gasteiger partial charge in [0.2, 0.25) is 11.8 Å². The van der Waals surface area contributed by atoms with Gasteiger partial charge in [-0.1, -0.05) is 55.5 Å². The van der Waals surface area contributed by atoms with Gasteiger partial charge in [0, 0.05) is 13.1 Å². The van der Waals surface area contributed by atoms with Gasteiger partial charge in [-0.15, -0.1) is 0 Å². The molecule has 0 heterocycles. The van der Waals surface area contributed by atoms with Crippen molar-refractivity contribution in [2.24, 2.45) is 0 Å². The largest absolute Gasteiger partial charge is 0.355 e. The van der Waals surface area contributed by atoms with Crippen molar-refractivity contribution in [1.29, 1.82) is 0 Å². The average molecular weight is 526 g/mol. The monoisotopic (exact) mass is 525 g/mol. The van der Waals surface area contributed by atoms with E-state index in [2.05, 4.69) is 5.32 Å². The predicted molar refractivity (Wildman–Crippen MR) is 142 cm³/mol. The zero-order valence-corrected chi connectivity index (χ0v) is 22.0. The summed E-state index contributed by atoms with van der Waals surface area (Å²) in [5, 5.41) is 2.71. The highest BCUT2D eigenvalue weighted by Crippen LogP contribution is 2.28. The maximum Gasteiger partial charge on any atom is 0.264 e. The highest BCUT2D eigenvalue weighted by molar-refractivity contribution is 7.92. The summed E-state index contributed by atoms with van der Waals surface area (Å²) in [6.07, 6.45) is 0.555. The van der Waals surface area contributed by atoms with Crippen molar-refractivity contribution >= 4 is 27.5 Å². The highest BCUT2D eigenvalue weighted by Gasteiger charge is 2.33. The van der Waals surface area contributed by atoms with Gasteiger partial charge in [-0.3, -0.25) is 13.9 Å². The Kier molecular flexibility index (Phi) is 9.41. The molecule has 7 nitrogen and oxygen atoms in total. The van der Waals surface area contributed by atoms with Crippen molar-refractivity contribution in [1.82, 2.24) is 10.2 Å². The van der Waals surface area contributed by atoms with E-state index in [-0.39, 0.29) is 17.3 Å². The molecular weight excluding hydrogens is 493 g/mol. The molecule has 3 rings (SSSR count). The summed E-state index contributed by atoms with van der Waals surface area (Å²) in [7, 11) is -4.11. The van der Waals surface area contributed by atoms with E-state index < -0.39 is 34.3 Å². The highest BCUT2D eigenvalue weighted by atomic mass is 32.2. The number of benzene rings is 3. The van der Waals surface area contributed by atoms with Gasteiger partial charge in [0.1, 0.15) is 18.4 Å². The van der Waals surface area contributed by atoms with E-state index in [4.69, 9.17) is 0 Å². The first-order valence-electron chi connectivity index (χ1n) is 12.2. The minimum atomic E-state index is -4.11. The van der Waals surface area contributed by atoms with Crippen LogP contribution < -0.4 is 9.62 Å². The molecule has 3 aromatic carbocycles. The second kappa shape index (κ2) is 12.5. The number of amides is 2. The molecule has 1 N–H and O–H groups in total. The second-order valence-electron chi connectivity index (χ2n) is 8.53. The number of sulfonamides is 1. The van der Waals surface area contributed by atoms with Crippen LogP contribution in [-0.2, 0) is 32.6 Å². The Morgan fingerprint density at radius 3 is 2.16 bits per heavy atom. The zero-order chi connectivity index (χ0) is 27.0. The fourth-order valence-electron chi connectivity index (χ4n) is 3.98. The molecule has 2 amide bonds. The smallest absolute Gasteiger partial charge is 0.264 e. The van der Waals surface area contributed by atoms with Crippen LogP contribution in [0, 0.1) is 5.82 Å². The van der Waals surface area contributed by atoms with Gasteiger partial charge >= 0.3 is 0 Å². The Labute approximate surface area is 218 Å². The number of anilines is 1. The number of hydrogen-bond acceptors (Lipinski definition) is 4. The summed E-state index contributed by atoms with van der Waals surface area (Å²) >= 11 is 0. The van der Waals surface area contributed by atoms with Crippen LogP contribution in [0.15, 0.2) is 83.8 Å². The average Bonchev–Trinajstić information content (AvgIpc) is 2.91. The third-order valence-corrected chi connectivity index (χ3v) is 7.81. The number of likely N-dealkylation sites (N-methyl/N-ethyl adjacent to an activating group) is 1. The standard InChI is InChI=1S/C28H32FN3O4S/c1-4-23-11-9-10-14-26(23)32(37(35,36)25-12-7-6-8-13-25)20-27(33)31(21(3)28(34)30-5-2)19-22-15-17-24(29)18-16-22/h6-18,21H,4-5,19-20H2,1-3H3,(H,30,34)/t21-/m0/s1. The van der Waals surface area contributed by atoms with Crippen LogP contribution >= 0.6 is 0 Å². The normalized spacial score (nSPS) is 12.0. The minimum Gasteiger partial charge on any atom is -0.355 e. The number of carbonyl (C=O) groups is 2. The van der Waals surface area contributed by atoms with Gasteiger partial charge in [0.05, 0.1) is 10.6 Å². The van der Waals surface area contributed by atoms with Crippen LogP contribution in [0.5, 0.6) is 0 Å². The number of nitrogens with one attached hydrogen (secondary N) is 1. The van der Waals surface area contributed by atoms with E-state index in [0.29, 0.717) is 24.2 Å². The van der Waals surface area contributed by atoms with Gasteiger partial charge in [-0.2, -0.15) is 0 Å². The van der Waals surface area contributed by atoms with Gasteiger partial charge in [-0.25, -0.2) is 12.8 Å². The summed E-state index contributed by atoms with van der Waals surface area (Å²) in [6, 6.07) is 19.7. The number of nitrogens with zero attached hydrogens (tertiary/aromatic N) is 2. The molecule has 0 spiro atoms. The molecule has 196 valence electrons. The van der Waals surface area contributed by atoms with E-state index in [1.54, 1.807) is 44.2 Å². The first-order chi connectivity index (χ1) is 17.7. The maximum atomic E-state index is 13.8. The summed E-state index contributed by atoms with van der Waals surface area (Å²) in [4.78, 5) is 27.9. The van der Waals surface area contributed by atoms with Crippen molar-refractivity contribution in [3.05, 3.63) is 95.8 Å². The maximum absolute atomic E-state index is 13.8. The van der Waals surface area contributed by atoms with Crippen molar-refractivity contribution in [2.75, 3.05) is 17.4 Å². The number of hydrogen-bond donors (Lipinski definition) is 1. The van der Waals surface area contributed by atoms with Gasteiger partial charge in [-0.05, 0) is 61.7 Å². The first-order valence-corrected chi connectivity index (χ1v) is 13.6. The molecule has 0 aliphatic carbocycles. The fraction of sp³-hybridized carbons (Fsp3) is 0.286. The summed E-state index contributed by atoms with van der Waals surface area (Å²) in [6.45, 7) is 5.13. The van der Waals surface area contributed by atoms with Crippen molar-refractivity contribution < 1.29 is 22.4 Å². The molecule has 0 saturated heterocycles. The second-order valence-corrected chi connectivity index (χ2v) is 10.4. The zero-order valence-electron chi connectivity index (χ0n) is 21.2. The SMILES string of the molecule is CCNC(=O)[C@H](C)N(Cc1ccc(F)cc1)C(=O)CN(c1ccccc1CC)S(=O)(=O)c1ccccc1. The van der Waals surface area contributed by atoms with Gasteiger partial charge in [0.25, 0.3) is 10.0 Å². The Balaban J connectivity index is 2.05. The topological polar surface area (TPSA) is 86.8 Å². The Morgan fingerprint density at radius 2 is 1.54 bits per heavy atom. The molecule has 0 bridgehead atoms. The lowest BCUT2D eigenvalue weighted by Crippen LogP contribution is -2.51. The number of para-hydroxylation sites is 1. The first kappa shape index (κ1) is 27.9. The molecule has 0 radical (unpaired) electrons. The molecule has 0 aromatic heterocycles. The van der Waals surface area contributed by atoms with Crippen LogP contribution in [0.3, 0.4) is 0 Å². The van der Waals surface area contributed by atoms with E-state index in [1.165, 1.54) is 41.3 Å². The lowest BCUT2D eigenvalue weighted by atomic mass is 10.1. The summed E-state index contributed by atoms with van der Waals surface area (Å²) < 4.78 is 42.2. The van der Waals surface area contributed by atoms with Crippen molar-refractivity contribution in [3.63, 3.8) is 0 Å². The van der Waals surface area contributed by atoms with Gasteiger partial charge in [0.15, 0.2) is 0 Å². The molecule has 1 atom stereocenters. The van der Waals surface area contributed by atoms with Crippen molar-refractivity contribution in [2.45, 2.75) is 44.7 Å². The molecule has 0 aliphatic rings. The van der Waals surface area contributed by atoms with Crippen LogP contribution in [0.2, 0.25) is 0 Å². The fourth-order valence-corrected chi connectivity index (χ4v) is 5.45. The third-order valence-electron chi connectivity index (χ3n) is 6.04. The Morgan fingerprint density at radius 1 is 0.919 bits per heavy atom. The van der Waals surface area contributed by atoms with E-state index >= 15 is 0 Å². The van der Waals surface area contributed by atoms with E-state index in [1.807, 2.05) is 19.1 Å². The quantitative estimate of drug-likeness (QED) is 0.408. The number of carbonyl (C=O) groups excluding carboxylic acids is 2.